The minimum atomic E-state index is -4.63. The Bertz CT molecular complexity index is 733. The van der Waals surface area contributed by atoms with Gasteiger partial charge in [-0.05, 0) is 37.8 Å². The van der Waals surface area contributed by atoms with Crippen molar-refractivity contribution in [2.24, 2.45) is 21.5 Å². The zero-order valence-electron chi connectivity index (χ0n) is 13.1. The molecular formula is C15H17ClF3N5O. The van der Waals surface area contributed by atoms with Crippen LogP contribution in [0.4, 0.5) is 18.9 Å². The molecule has 0 saturated heterocycles. The lowest BCUT2D eigenvalue weighted by Gasteiger charge is -2.46. The van der Waals surface area contributed by atoms with E-state index in [2.05, 4.69) is 9.98 Å². The number of aliphatic imine (C=N–C) groups is 2. The molecule has 1 heterocycles. The van der Waals surface area contributed by atoms with E-state index in [1.54, 1.807) is 0 Å². The smallest absolute Gasteiger partial charge is 0.416 e. The largest absolute Gasteiger partial charge is 0.506 e. The summed E-state index contributed by atoms with van der Waals surface area (Å²) >= 11 is 6.09. The zero-order chi connectivity index (χ0) is 18.4. The third-order valence-electron chi connectivity index (χ3n) is 4.45. The molecule has 10 heteroatoms. The molecule has 1 aromatic rings. The second-order valence-electron chi connectivity index (χ2n) is 6.14. The summed E-state index contributed by atoms with van der Waals surface area (Å²) in [6.45, 7) is 0. The first-order valence-electron chi connectivity index (χ1n) is 7.73. The molecule has 1 aliphatic heterocycles. The lowest BCUT2D eigenvalue weighted by Crippen LogP contribution is -2.58. The maximum absolute atomic E-state index is 12.9. The molecule has 0 atom stereocenters. The van der Waals surface area contributed by atoms with Gasteiger partial charge in [0.25, 0.3) is 0 Å². The van der Waals surface area contributed by atoms with Gasteiger partial charge in [0.1, 0.15) is 17.1 Å². The highest BCUT2D eigenvalue weighted by molar-refractivity contribution is 6.34. The van der Waals surface area contributed by atoms with Gasteiger partial charge < -0.3 is 16.6 Å². The van der Waals surface area contributed by atoms with Crippen molar-refractivity contribution >= 4 is 29.2 Å². The summed E-state index contributed by atoms with van der Waals surface area (Å²) in [4.78, 5) is 9.70. The van der Waals surface area contributed by atoms with Crippen molar-refractivity contribution in [1.29, 1.82) is 0 Å². The average molecular weight is 376 g/mol. The number of phenolic OH excluding ortho intramolecular Hbond substituents is 1. The van der Waals surface area contributed by atoms with Gasteiger partial charge in [0, 0.05) is 0 Å². The lowest BCUT2D eigenvalue weighted by molar-refractivity contribution is -0.137. The van der Waals surface area contributed by atoms with Crippen LogP contribution in [-0.2, 0) is 6.18 Å². The number of aromatic hydroxyl groups is 1. The molecule has 3 rings (SSSR count). The van der Waals surface area contributed by atoms with Crippen molar-refractivity contribution in [2.75, 3.05) is 4.90 Å². The van der Waals surface area contributed by atoms with Gasteiger partial charge in [-0.15, -0.1) is 0 Å². The number of anilines is 1. The van der Waals surface area contributed by atoms with Gasteiger partial charge in [-0.2, -0.15) is 18.2 Å². The van der Waals surface area contributed by atoms with Crippen molar-refractivity contribution < 1.29 is 18.3 Å². The highest BCUT2D eigenvalue weighted by Crippen LogP contribution is 2.47. The first-order chi connectivity index (χ1) is 11.6. The minimum absolute atomic E-state index is 0.00169. The molecule has 136 valence electrons. The molecule has 0 unspecified atom stereocenters. The molecule has 0 aromatic heterocycles. The molecular weight excluding hydrogens is 359 g/mol. The number of hydrogen-bond acceptors (Lipinski definition) is 6. The summed E-state index contributed by atoms with van der Waals surface area (Å²) in [5.41, 5.74) is 9.73. The summed E-state index contributed by atoms with van der Waals surface area (Å²) < 4.78 is 38.8. The average Bonchev–Trinajstić information content (AvgIpc) is 2.49. The van der Waals surface area contributed by atoms with Crippen LogP contribution in [0.15, 0.2) is 22.1 Å². The van der Waals surface area contributed by atoms with Gasteiger partial charge in [-0.25, -0.2) is 4.99 Å². The van der Waals surface area contributed by atoms with E-state index >= 15 is 0 Å². The fourth-order valence-corrected chi connectivity index (χ4v) is 3.71. The molecule has 1 spiro atoms. The second-order valence-corrected chi connectivity index (χ2v) is 6.55. The predicted octanol–water partition coefficient (Wildman–Crippen LogP) is 3.17. The highest BCUT2D eigenvalue weighted by atomic mass is 35.5. The third-order valence-corrected chi connectivity index (χ3v) is 4.73. The fourth-order valence-electron chi connectivity index (χ4n) is 3.41. The molecule has 0 bridgehead atoms. The van der Waals surface area contributed by atoms with E-state index in [-0.39, 0.29) is 22.6 Å². The normalized spacial score (nSPS) is 20.4. The molecule has 5 N–H and O–H groups in total. The van der Waals surface area contributed by atoms with E-state index in [1.165, 1.54) is 4.90 Å². The Kier molecular flexibility index (Phi) is 4.22. The minimum Gasteiger partial charge on any atom is -0.506 e. The molecule has 2 aliphatic rings. The monoisotopic (exact) mass is 375 g/mol. The van der Waals surface area contributed by atoms with Crippen LogP contribution in [0, 0.1) is 0 Å². The molecule has 1 aliphatic carbocycles. The van der Waals surface area contributed by atoms with Crippen LogP contribution in [0.25, 0.3) is 0 Å². The Morgan fingerprint density at radius 2 is 1.80 bits per heavy atom. The fraction of sp³-hybridized carbons (Fsp3) is 0.467. The Labute approximate surface area is 147 Å². The van der Waals surface area contributed by atoms with Crippen molar-refractivity contribution in [1.82, 2.24) is 0 Å². The summed E-state index contributed by atoms with van der Waals surface area (Å²) in [5.74, 6) is -0.705. The number of rotatable bonds is 1. The van der Waals surface area contributed by atoms with E-state index in [4.69, 9.17) is 23.1 Å². The number of phenols is 1. The van der Waals surface area contributed by atoms with Gasteiger partial charge in [0.05, 0.1) is 10.6 Å². The number of nitrogens with two attached hydrogens (primary N) is 2. The van der Waals surface area contributed by atoms with Crippen LogP contribution in [0.2, 0.25) is 5.02 Å². The first kappa shape index (κ1) is 17.7. The van der Waals surface area contributed by atoms with E-state index in [9.17, 15) is 18.3 Å². The number of alkyl halides is 3. The van der Waals surface area contributed by atoms with Gasteiger partial charge in [0.15, 0.2) is 0 Å². The van der Waals surface area contributed by atoms with E-state index in [0.717, 1.165) is 25.3 Å². The van der Waals surface area contributed by atoms with Crippen LogP contribution >= 0.6 is 11.6 Å². The number of guanidine groups is 2. The molecule has 6 nitrogen and oxygen atoms in total. The molecule has 1 aromatic carbocycles. The quantitative estimate of drug-likeness (QED) is 0.701. The van der Waals surface area contributed by atoms with Gasteiger partial charge in [-0.1, -0.05) is 18.0 Å². The number of halogens is 4. The van der Waals surface area contributed by atoms with Crippen LogP contribution in [-0.4, -0.2) is 22.7 Å². The number of nitrogens with zero attached hydrogens (tertiary/aromatic N) is 3. The number of benzene rings is 1. The molecule has 0 radical (unpaired) electrons. The summed E-state index contributed by atoms with van der Waals surface area (Å²) in [6, 6.07) is 1.37. The Hall–Kier alpha value is -2.16. The van der Waals surface area contributed by atoms with Gasteiger partial charge >= 0.3 is 6.18 Å². The molecule has 1 fully saturated rings. The maximum Gasteiger partial charge on any atom is 0.416 e. The van der Waals surface area contributed by atoms with Crippen molar-refractivity contribution in [2.45, 2.75) is 43.9 Å². The molecule has 1 saturated carbocycles. The van der Waals surface area contributed by atoms with E-state index < -0.39 is 23.2 Å². The predicted molar refractivity (Wildman–Crippen MR) is 89.7 cm³/mol. The standard InChI is InChI=1S/C15H17ClF3N5O/c16-9-6-8(15(17,18)19)7-10(25)11(9)24-13(21)22-12(20)23-14(24)4-2-1-3-5-14/h6-7,25H,1-5H2,(H4,20,21,22,23). The number of hydrogen-bond donors (Lipinski definition) is 3. The lowest BCUT2D eigenvalue weighted by atomic mass is 9.87. The van der Waals surface area contributed by atoms with Crippen LogP contribution in [0.3, 0.4) is 0 Å². The Morgan fingerprint density at radius 1 is 1.16 bits per heavy atom. The zero-order valence-corrected chi connectivity index (χ0v) is 13.9. The van der Waals surface area contributed by atoms with Crippen molar-refractivity contribution in [3.8, 4) is 5.75 Å². The van der Waals surface area contributed by atoms with Crippen molar-refractivity contribution in [3.63, 3.8) is 0 Å². The summed E-state index contributed by atoms with van der Waals surface area (Å²) in [6.07, 6.45) is -0.832. The summed E-state index contributed by atoms with van der Waals surface area (Å²) in [5, 5.41) is 9.98. The maximum atomic E-state index is 12.9. The molecule has 25 heavy (non-hydrogen) atoms. The topological polar surface area (TPSA) is 100 Å². The Balaban J connectivity index is 2.15. The van der Waals surface area contributed by atoms with E-state index in [1.807, 2.05) is 0 Å². The Morgan fingerprint density at radius 3 is 2.36 bits per heavy atom. The first-order valence-corrected chi connectivity index (χ1v) is 8.11. The van der Waals surface area contributed by atoms with Gasteiger partial charge in [0.2, 0.25) is 11.9 Å². The van der Waals surface area contributed by atoms with Crippen LogP contribution in [0.1, 0.15) is 37.7 Å². The van der Waals surface area contributed by atoms with Gasteiger partial charge in [-0.3, -0.25) is 4.90 Å². The van der Waals surface area contributed by atoms with Crippen molar-refractivity contribution in [3.05, 3.63) is 22.7 Å². The summed E-state index contributed by atoms with van der Waals surface area (Å²) in [7, 11) is 0. The highest BCUT2D eigenvalue weighted by Gasteiger charge is 2.45. The second kappa shape index (κ2) is 5.98. The third kappa shape index (κ3) is 3.08. The SMILES string of the molecule is NC1=NC2(CCCCC2)N(c2c(O)cc(C(F)(F)F)cc2Cl)C(N)=N1. The molecule has 0 amide bonds. The van der Waals surface area contributed by atoms with Crippen LogP contribution in [0.5, 0.6) is 5.75 Å². The van der Waals surface area contributed by atoms with Crippen LogP contribution < -0.4 is 16.4 Å². The van der Waals surface area contributed by atoms with E-state index in [0.29, 0.717) is 18.9 Å².